The standard InChI is InChI=1S/C13H23N3O2S/c1-9-3-4-15(11(5-9)6-14)13(18)12-7-19-8-16(12)10(2)17/h9,11-12H,3-8,14H2,1-2H3. The van der Waals surface area contributed by atoms with Crippen LogP contribution in [-0.4, -0.2) is 58.4 Å². The molecule has 2 aliphatic rings. The highest BCUT2D eigenvalue weighted by Crippen LogP contribution is 2.27. The quantitative estimate of drug-likeness (QED) is 0.802. The number of carbonyl (C=O) groups is 2. The third kappa shape index (κ3) is 3.05. The monoisotopic (exact) mass is 285 g/mol. The molecule has 2 N–H and O–H groups in total. The molecule has 2 aliphatic heterocycles. The molecule has 0 aromatic carbocycles. The third-order valence-corrected chi connectivity index (χ3v) is 5.12. The van der Waals surface area contributed by atoms with Crippen LogP contribution in [0.3, 0.4) is 0 Å². The predicted octanol–water partition coefficient (Wildman–Crippen LogP) is 0.494. The number of likely N-dealkylation sites (tertiary alicyclic amines) is 1. The van der Waals surface area contributed by atoms with Crippen LogP contribution in [0.2, 0.25) is 0 Å². The summed E-state index contributed by atoms with van der Waals surface area (Å²) in [6, 6.07) is -0.152. The Morgan fingerprint density at radius 1 is 1.37 bits per heavy atom. The highest BCUT2D eigenvalue weighted by Gasteiger charge is 2.39. The molecule has 0 aliphatic carbocycles. The number of hydrogen-bond acceptors (Lipinski definition) is 4. The summed E-state index contributed by atoms with van der Waals surface area (Å²) in [5.41, 5.74) is 5.81. The third-order valence-electron chi connectivity index (χ3n) is 4.11. The van der Waals surface area contributed by atoms with E-state index in [0.717, 1.165) is 19.4 Å². The first-order chi connectivity index (χ1) is 9.04. The van der Waals surface area contributed by atoms with Gasteiger partial charge in [-0.25, -0.2) is 0 Å². The molecule has 3 unspecified atom stereocenters. The van der Waals surface area contributed by atoms with Crippen LogP contribution in [0, 0.1) is 5.92 Å². The number of nitrogens with two attached hydrogens (primary N) is 1. The van der Waals surface area contributed by atoms with Crippen molar-refractivity contribution < 1.29 is 9.59 Å². The maximum atomic E-state index is 12.7. The Hall–Kier alpha value is -0.750. The normalized spacial score (nSPS) is 31.6. The van der Waals surface area contributed by atoms with Crippen LogP contribution >= 0.6 is 11.8 Å². The lowest BCUT2D eigenvalue weighted by Crippen LogP contribution is -2.56. The number of nitrogens with zero attached hydrogens (tertiary/aromatic N) is 2. The molecule has 2 saturated heterocycles. The Balaban J connectivity index is 2.07. The van der Waals surface area contributed by atoms with Gasteiger partial charge in [0, 0.05) is 31.8 Å². The van der Waals surface area contributed by atoms with E-state index in [4.69, 9.17) is 5.73 Å². The zero-order valence-electron chi connectivity index (χ0n) is 11.7. The lowest BCUT2D eigenvalue weighted by molar-refractivity contribution is -0.145. The summed E-state index contributed by atoms with van der Waals surface area (Å²) in [5, 5.41) is 0. The van der Waals surface area contributed by atoms with Crippen molar-refractivity contribution >= 4 is 23.6 Å². The lowest BCUT2D eigenvalue weighted by Gasteiger charge is -2.40. The van der Waals surface area contributed by atoms with Crippen molar-refractivity contribution in [2.75, 3.05) is 24.7 Å². The second-order valence-electron chi connectivity index (χ2n) is 5.56. The smallest absolute Gasteiger partial charge is 0.246 e. The van der Waals surface area contributed by atoms with Crippen LogP contribution in [-0.2, 0) is 9.59 Å². The molecule has 2 rings (SSSR count). The Morgan fingerprint density at radius 3 is 2.74 bits per heavy atom. The van der Waals surface area contributed by atoms with Crippen LogP contribution in [0.25, 0.3) is 0 Å². The predicted molar refractivity (Wildman–Crippen MR) is 76.6 cm³/mol. The molecule has 19 heavy (non-hydrogen) atoms. The zero-order chi connectivity index (χ0) is 14.0. The zero-order valence-corrected chi connectivity index (χ0v) is 12.5. The Morgan fingerprint density at radius 2 is 2.11 bits per heavy atom. The number of piperidine rings is 1. The molecule has 0 radical (unpaired) electrons. The van der Waals surface area contributed by atoms with Crippen LogP contribution in [0.5, 0.6) is 0 Å². The maximum Gasteiger partial charge on any atom is 0.246 e. The molecule has 108 valence electrons. The number of thioether (sulfide) groups is 1. The van der Waals surface area contributed by atoms with Gasteiger partial charge in [-0.1, -0.05) is 6.92 Å². The van der Waals surface area contributed by atoms with Crippen molar-refractivity contribution in [3.8, 4) is 0 Å². The molecular weight excluding hydrogens is 262 g/mol. The van der Waals surface area contributed by atoms with Crippen molar-refractivity contribution in [3.05, 3.63) is 0 Å². The van der Waals surface area contributed by atoms with Crippen molar-refractivity contribution in [2.45, 2.75) is 38.8 Å². The van der Waals surface area contributed by atoms with Crippen molar-refractivity contribution in [1.29, 1.82) is 0 Å². The second kappa shape index (κ2) is 6.13. The fourth-order valence-electron chi connectivity index (χ4n) is 2.91. The van der Waals surface area contributed by atoms with Gasteiger partial charge in [-0.3, -0.25) is 9.59 Å². The van der Waals surface area contributed by atoms with E-state index in [2.05, 4.69) is 6.92 Å². The van der Waals surface area contributed by atoms with Gasteiger partial charge in [0.15, 0.2) is 0 Å². The van der Waals surface area contributed by atoms with Crippen molar-refractivity contribution in [2.24, 2.45) is 11.7 Å². The minimum Gasteiger partial charge on any atom is -0.337 e. The topological polar surface area (TPSA) is 66.6 Å². The van der Waals surface area contributed by atoms with E-state index in [-0.39, 0.29) is 23.9 Å². The molecule has 2 heterocycles. The Kier molecular flexibility index (Phi) is 4.73. The van der Waals surface area contributed by atoms with Crippen molar-refractivity contribution in [1.82, 2.24) is 9.80 Å². The minimum absolute atomic E-state index is 0.0157. The summed E-state index contributed by atoms with van der Waals surface area (Å²) in [4.78, 5) is 27.8. The maximum absolute atomic E-state index is 12.7. The highest BCUT2D eigenvalue weighted by atomic mass is 32.2. The summed E-state index contributed by atoms with van der Waals surface area (Å²) in [6.45, 7) is 5.02. The van der Waals surface area contributed by atoms with Gasteiger partial charge < -0.3 is 15.5 Å². The van der Waals surface area contributed by atoms with Crippen LogP contribution < -0.4 is 5.73 Å². The van der Waals surface area contributed by atoms with Gasteiger partial charge in [0.1, 0.15) is 6.04 Å². The van der Waals surface area contributed by atoms with Gasteiger partial charge in [-0.2, -0.15) is 0 Å². The minimum atomic E-state index is -0.287. The number of carbonyl (C=O) groups excluding carboxylic acids is 2. The number of rotatable bonds is 2. The molecule has 0 aromatic rings. The van der Waals surface area contributed by atoms with Gasteiger partial charge in [0.25, 0.3) is 0 Å². The number of hydrogen-bond donors (Lipinski definition) is 1. The molecule has 0 saturated carbocycles. The van der Waals surface area contributed by atoms with Crippen molar-refractivity contribution in [3.63, 3.8) is 0 Å². The summed E-state index contributed by atoms with van der Waals surface area (Å²) >= 11 is 1.65. The first-order valence-electron chi connectivity index (χ1n) is 6.90. The molecular formula is C13H23N3O2S. The Bertz CT molecular complexity index is 364. The summed E-state index contributed by atoms with van der Waals surface area (Å²) < 4.78 is 0. The van der Waals surface area contributed by atoms with Gasteiger partial charge in [0.05, 0.1) is 5.88 Å². The molecule has 0 spiro atoms. The summed E-state index contributed by atoms with van der Waals surface area (Å²) in [7, 11) is 0. The first kappa shape index (κ1) is 14.7. The molecule has 0 aromatic heterocycles. The Labute approximate surface area is 118 Å². The van der Waals surface area contributed by atoms with E-state index < -0.39 is 0 Å². The molecule has 2 amide bonds. The van der Waals surface area contributed by atoms with Gasteiger partial charge in [-0.15, -0.1) is 11.8 Å². The second-order valence-corrected chi connectivity index (χ2v) is 6.55. The molecule has 5 nitrogen and oxygen atoms in total. The largest absolute Gasteiger partial charge is 0.337 e. The van der Waals surface area contributed by atoms with Gasteiger partial charge >= 0.3 is 0 Å². The summed E-state index contributed by atoms with van der Waals surface area (Å²) in [5.74, 6) is 2.03. The van der Waals surface area contributed by atoms with Gasteiger partial charge in [0.2, 0.25) is 11.8 Å². The lowest BCUT2D eigenvalue weighted by atomic mass is 9.92. The van der Waals surface area contributed by atoms with E-state index in [1.807, 2.05) is 4.90 Å². The van der Waals surface area contributed by atoms with E-state index >= 15 is 0 Å². The van der Waals surface area contributed by atoms with Gasteiger partial charge in [-0.05, 0) is 18.8 Å². The van der Waals surface area contributed by atoms with E-state index in [0.29, 0.717) is 24.1 Å². The molecule has 6 heteroatoms. The average Bonchev–Trinajstić information content (AvgIpc) is 2.87. The highest BCUT2D eigenvalue weighted by molar-refractivity contribution is 7.99. The van der Waals surface area contributed by atoms with Crippen LogP contribution in [0.1, 0.15) is 26.7 Å². The fourth-order valence-corrected chi connectivity index (χ4v) is 4.12. The van der Waals surface area contributed by atoms with E-state index in [9.17, 15) is 9.59 Å². The SMILES string of the molecule is CC(=O)N1CSCC1C(=O)N1CCC(C)CC1CN. The molecule has 2 fully saturated rings. The summed E-state index contributed by atoms with van der Waals surface area (Å²) in [6.07, 6.45) is 2.00. The van der Waals surface area contributed by atoms with E-state index in [1.165, 1.54) is 6.92 Å². The van der Waals surface area contributed by atoms with E-state index in [1.54, 1.807) is 16.7 Å². The fraction of sp³-hybridized carbons (Fsp3) is 0.846. The van der Waals surface area contributed by atoms with Crippen LogP contribution in [0.4, 0.5) is 0 Å². The van der Waals surface area contributed by atoms with Crippen LogP contribution in [0.15, 0.2) is 0 Å². The first-order valence-corrected chi connectivity index (χ1v) is 8.05. The average molecular weight is 285 g/mol. The molecule has 0 bridgehead atoms. The molecule has 3 atom stereocenters. The number of amides is 2.